The van der Waals surface area contributed by atoms with E-state index in [1.807, 2.05) is 30.0 Å². The first-order valence-corrected chi connectivity index (χ1v) is 5.80. The van der Waals surface area contributed by atoms with Crippen LogP contribution in [0.1, 0.15) is 0 Å². The number of thioether (sulfide) groups is 1. The van der Waals surface area contributed by atoms with Gasteiger partial charge in [0.1, 0.15) is 5.75 Å². The largest absolute Gasteiger partial charge is 0.497 e. The molecule has 1 aromatic rings. The van der Waals surface area contributed by atoms with Crippen molar-refractivity contribution in [3.63, 3.8) is 0 Å². The standard InChI is InChI=1S/C9H11BrOS/c1-11-8-3-2-4-9(7-8)12-6-5-10/h2-4,7H,5-6H2,1H3. The van der Waals surface area contributed by atoms with Crippen molar-refractivity contribution >= 4 is 27.7 Å². The summed E-state index contributed by atoms with van der Waals surface area (Å²) >= 11 is 5.21. The summed E-state index contributed by atoms with van der Waals surface area (Å²) in [4.78, 5) is 1.26. The molecule has 0 aromatic heterocycles. The molecule has 0 heterocycles. The minimum Gasteiger partial charge on any atom is -0.497 e. The Kier molecular flexibility index (Phi) is 4.54. The zero-order valence-corrected chi connectivity index (χ0v) is 9.32. The molecule has 0 unspecified atom stereocenters. The van der Waals surface area contributed by atoms with Crippen molar-refractivity contribution in [2.24, 2.45) is 0 Å². The summed E-state index contributed by atoms with van der Waals surface area (Å²) < 4.78 is 5.11. The molecule has 0 aliphatic heterocycles. The summed E-state index contributed by atoms with van der Waals surface area (Å²) in [5, 5.41) is 1.02. The number of halogens is 1. The van der Waals surface area contributed by atoms with E-state index in [1.165, 1.54) is 4.90 Å². The highest BCUT2D eigenvalue weighted by atomic mass is 79.9. The summed E-state index contributed by atoms with van der Waals surface area (Å²) in [6.45, 7) is 0. The second-order valence-electron chi connectivity index (χ2n) is 2.22. The molecular formula is C9H11BrOS. The van der Waals surface area contributed by atoms with Crippen LogP contribution in [-0.2, 0) is 0 Å². The molecule has 66 valence electrons. The molecule has 0 fully saturated rings. The molecule has 0 aliphatic rings. The van der Waals surface area contributed by atoms with E-state index in [-0.39, 0.29) is 0 Å². The van der Waals surface area contributed by atoms with E-state index >= 15 is 0 Å². The molecule has 0 N–H and O–H groups in total. The molecule has 0 atom stereocenters. The van der Waals surface area contributed by atoms with Crippen LogP contribution in [0.3, 0.4) is 0 Å². The fraction of sp³-hybridized carbons (Fsp3) is 0.333. The fourth-order valence-electron chi connectivity index (χ4n) is 0.847. The van der Waals surface area contributed by atoms with Crippen molar-refractivity contribution in [1.29, 1.82) is 0 Å². The summed E-state index contributed by atoms with van der Waals surface area (Å²) in [6.07, 6.45) is 0. The molecule has 0 radical (unpaired) electrons. The first-order valence-electron chi connectivity index (χ1n) is 3.69. The molecule has 0 spiro atoms. The molecule has 0 amide bonds. The van der Waals surface area contributed by atoms with Crippen LogP contribution in [0.15, 0.2) is 29.2 Å². The van der Waals surface area contributed by atoms with Gasteiger partial charge in [-0.05, 0) is 18.2 Å². The van der Waals surface area contributed by atoms with Crippen LogP contribution in [0.25, 0.3) is 0 Å². The Morgan fingerprint density at radius 1 is 1.50 bits per heavy atom. The number of benzene rings is 1. The first kappa shape index (κ1) is 9.93. The van der Waals surface area contributed by atoms with Gasteiger partial charge in [-0.2, -0.15) is 0 Å². The summed E-state index contributed by atoms with van der Waals surface area (Å²) in [6, 6.07) is 8.11. The molecular weight excluding hydrogens is 236 g/mol. The van der Waals surface area contributed by atoms with E-state index in [0.29, 0.717) is 0 Å². The highest BCUT2D eigenvalue weighted by Gasteiger charge is 1.94. The van der Waals surface area contributed by atoms with Crippen LogP contribution in [0.5, 0.6) is 5.75 Å². The lowest BCUT2D eigenvalue weighted by Gasteiger charge is -2.02. The normalized spacial score (nSPS) is 9.83. The predicted molar refractivity (Wildman–Crippen MR) is 57.5 cm³/mol. The Labute approximate surface area is 85.6 Å². The first-order chi connectivity index (χ1) is 5.86. The van der Waals surface area contributed by atoms with Gasteiger partial charge in [0, 0.05) is 16.0 Å². The monoisotopic (exact) mass is 246 g/mol. The Morgan fingerprint density at radius 2 is 2.33 bits per heavy atom. The maximum Gasteiger partial charge on any atom is 0.119 e. The van der Waals surface area contributed by atoms with Gasteiger partial charge in [0.15, 0.2) is 0 Å². The third kappa shape index (κ3) is 3.07. The summed E-state index contributed by atoms with van der Waals surface area (Å²) in [5.74, 6) is 2.02. The van der Waals surface area contributed by atoms with Gasteiger partial charge in [-0.3, -0.25) is 0 Å². The third-order valence-corrected chi connectivity index (χ3v) is 3.30. The average molecular weight is 247 g/mol. The van der Waals surface area contributed by atoms with Crippen molar-refractivity contribution in [3.05, 3.63) is 24.3 Å². The van der Waals surface area contributed by atoms with Gasteiger partial charge < -0.3 is 4.74 Å². The molecule has 0 saturated heterocycles. The van der Waals surface area contributed by atoms with Crippen molar-refractivity contribution in [2.45, 2.75) is 4.90 Å². The summed E-state index contributed by atoms with van der Waals surface area (Å²) in [7, 11) is 1.69. The molecule has 3 heteroatoms. The van der Waals surface area contributed by atoms with Crippen LogP contribution < -0.4 is 4.74 Å². The number of alkyl halides is 1. The highest BCUT2D eigenvalue weighted by molar-refractivity contribution is 9.09. The molecule has 1 nitrogen and oxygen atoms in total. The van der Waals surface area contributed by atoms with Gasteiger partial charge in [-0.1, -0.05) is 22.0 Å². The van der Waals surface area contributed by atoms with Gasteiger partial charge in [0.05, 0.1) is 7.11 Å². The van der Waals surface area contributed by atoms with Gasteiger partial charge in [-0.25, -0.2) is 0 Å². The van der Waals surface area contributed by atoms with Crippen LogP contribution in [0.2, 0.25) is 0 Å². The van der Waals surface area contributed by atoms with Gasteiger partial charge in [-0.15, -0.1) is 11.8 Å². The Hall–Kier alpha value is -0.150. The van der Waals surface area contributed by atoms with Crippen molar-refractivity contribution < 1.29 is 4.74 Å². The van der Waals surface area contributed by atoms with Crippen molar-refractivity contribution in [3.8, 4) is 5.75 Å². The van der Waals surface area contributed by atoms with E-state index in [1.54, 1.807) is 7.11 Å². The summed E-state index contributed by atoms with van der Waals surface area (Å²) in [5.41, 5.74) is 0. The van der Waals surface area contributed by atoms with Gasteiger partial charge >= 0.3 is 0 Å². The number of hydrogen-bond acceptors (Lipinski definition) is 2. The topological polar surface area (TPSA) is 9.23 Å². The smallest absolute Gasteiger partial charge is 0.119 e. The van der Waals surface area contributed by atoms with Crippen LogP contribution in [-0.4, -0.2) is 18.2 Å². The van der Waals surface area contributed by atoms with E-state index in [2.05, 4.69) is 22.0 Å². The molecule has 0 aliphatic carbocycles. The lowest BCUT2D eigenvalue weighted by Crippen LogP contribution is -1.83. The Balaban J connectivity index is 2.60. The molecule has 0 saturated carbocycles. The van der Waals surface area contributed by atoms with E-state index < -0.39 is 0 Å². The number of methoxy groups -OCH3 is 1. The predicted octanol–water partition coefficient (Wildman–Crippen LogP) is 3.18. The van der Waals surface area contributed by atoms with E-state index in [4.69, 9.17) is 4.74 Å². The fourth-order valence-corrected chi connectivity index (χ4v) is 2.02. The highest BCUT2D eigenvalue weighted by Crippen LogP contribution is 2.22. The average Bonchev–Trinajstić information content (AvgIpc) is 2.15. The van der Waals surface area contributed by atoms with E-state index in [9.17, 15) is 0 Å². The maximum absolute atomic E-state index is 5.11. The van der Waals surface area contributed by atoms with Crippen molar-refractivity contribution in [1.82, 2.24) is 0 Å². The Morgan fingerprint density at radius 3 is 3.00 bits per heavy atom. The zero-order chi connectivity index (χ0) is 8.81. The third-order valence-electron chi connectivity index (χ3n) is 1.39. The maximum atomic E-state index is 5.11. The van der Waals surface area contributed by atoms with Crippen LogP contribution in [0.4, 0.5) is 0 Å². The molecule has 12 heavy (non-hydrogen) atoms. The molecule has 0 bridgehead atoms. The van der Waals surface area contributed by atoms with Crippen LogP contribution >= 0.6 is 27.7 Å². The number of ether oxygens (including phenoxy) is 1. The van der Waals surface area contributed by atoms with Crippen molar-refractivity contribution in [2.75, 3.05) is 18.2 Å². The van der Waals surface area contributed by atoms with E-state index in [0.717, 1.165) is 16.8 Å². The second-order valence-corrected chi connectivity index (χ2v) is 4.18. The minimum atomic E-state index is 0.926. The van der Waals surface area contributed by atoms with Gasteiger partial charge in [0.2, 0.25) is 0 Å². The Bertz CT molecular complexity index is 240. The lowest BCUT2D eigenvalue weighted by atomic mass is 10.3. The lowest BCUT2D eigenvalue weighted by molar-refractivity contribution is 0.413. The minimum absolute atomic E-state index is 0.926. The zero-order valence-electron chi connectivity index (χ0n) is 6.92. The molecule has 1 rings (SSSR count). The van der Waals surface area contributed by atoms with Gasteiger partial charge in [0.25, 0.3) is 0 Å². The van der Waals surface area contributed by atoms with Crippen LogP contribution in [0, 0.1) is 0 Å². The quantitative estimate of drug-likeness (QED) is 0.597. The SMILES string of the molecule is COc1cccc(SCCBr)c1. The number of hydrogen-bond donors (Lipinski definition) is 0. The molecule has 1 aromatic carbocycles. The number of rotatable bonds is 4. The second kappa shape index (κ2) is 5.49.